The zero-order valence-electron chi connectivity index (χ0n) is 20.5. The van der Waals surface area contributed by atoms with Crippen molar-refractivity contribution in [2.75, 3.05) is 46.4 Å². The highest BCUT2D eigenvalue weighted by Crippen LogP contribution is 2.33. The predicted molar refractivity (Wildman–Crippen MR) is 139 cm³/mol. The minimum atomic E-state index is -0.207. The van der Waals surface area contributed by atoms with E-state index in [-0.39, 0.29) is 30.4 Å². The van der Waals surface area contributed by atoms with Gasteiger partial charge in [-0.1, -0.05) is 18.2 Å². The van der Waals surface area contributed by atoms with Crippen LogP contribution in [0.4, 0.5) is 0 Å². The van der Waals surface area contributed by atoms with Crippen molar-refractivity contribution in [1.29, 1.82) is 0 Å². The Hall–Kier alpha value is -3.30. The molecule has 3 aromatic rings. The summed E-state index contributed by atoms with van der Waals surface area (Å²) in [5.41, 5.74) is 1.87. The zero-order chi connectivity index (χ0) is 24.9. The number of carbonyl (C=O) groups is 2. The van der Waals surface area contributed by atoms with Crippen LogP contribution in [0, 0.1) is 5.92 Å². The van der Waals surface area contributed by atoms with Gasteiger partial charge in [0, 0.05) is 49.5 Å². The lowest BCUT2D eigenvalue weighted by atomic mass is 10.1. The first-order chi connectivity index (χ1) is 17.6. The van der Waals surface area contributed by atoms with E-state index in [2.05, 4.69) is 16.9 Å². The van der Waals surface area contributed by atoms with Gasteiger partial charge >= 0.3 is 0 Å². The molecule has 188 valence electrons. The summed E-state index contributed by atoms with van der Waals surface area (Å²) in [4.78, 5) is 41.7. The molecule has 2 aromatic heterocycles. The SMILES string of the molecule is CN1CCC(C(=O)N2CCC(c3nc(-c4ccncc4)cs3)N(C(=O)COc3ccccc3)CC2)C1. The Morgan fingerprint density at radius 2 is 1.83 bits per heavy atom. The highest BCUT2D eigenvalue weighted by Gasteiger charge is 2.35. The van der Waals surface area contributed by atoms with Crippen LogP contribution in [0.15, 0.2) is 60.2 Å². The van der Waals surface area contributed by atoms with E-state index in [1.165, 1.54) is 0 Å². The van der Waals surface area contributed by atoms with Crippen LogP contribution in [0.1, 0.15) is 23.9 Å². The summed E-state index contributed by atoms with van der Waals surface area (Å²) in [7, 11) is 2.06. The Bertz CT molecular complexity index is 1170. The lowest BCUT2D eigenvalue weighted by Gasteiger charge is -2.28. The van der Waals surface area contributed by atoms with Crippen LogP contribution in [0.25, 0.3) is 11.3 Å². The van der Waals surface area contributed by atoms with Gasteiger partial charge in [0.05, 0.1) is 17.7 Å². The lowest BCUT2D eigenvalue weighted by molar-refractivity contribution is -0.137. The fourth-order valence-corrected chi connectivity index (χ4v) is 5.92. The van der Waals surface area contributed by atoms with Gasteiger partial charge in [-0.3, -0.25) is 14.6 Å². The van der Waals surface area contributed by atoms with Crippen LogP contribution in [0.3, 0.4) is 0 Å². The molecule has 0 spiro atoms. The van der Waals surface area contributed by atoms with Gasteiger partial charge in [-0.05, 0) is 50.7 Å². The number of thiazole rings is 1. The molecule has 0 N–H and O–H groups in total. The number of nitrogens with zero attached hydrogens (tertiary/aromatic N) is 5. The summed E-state index contributed by atoms with van der Waals surface area (Å²) in [5.74, 6) is 0.799. The van der Waals surface area contributed by atoms with Crippen molar-refractivity contribution in [3.8, 4) is 17.0 Å². The van der Waals surface area contributed by atoms with Gasteiger partial charge in [-0.2, -0.15) is 0 Å². The highest BCUT2D eigenvalue weighted by atomic mass is 32.1. The van der Waals surface area contributed by atoms with Crippen molar-refractivity contribution < 1.29 is 14.3 Å². The zero-order valence-corrected chi connectivity index (χ0v) is 21.3. The third-order valence-corrected chi connectivity index (χ3v) is 7.87. The molecule has 0 bridgehead atoms. The van der Waals surface area contributed by atoms with Crippen LogP contribution in [-0.2, 0) is 9.59 Å². The molecule has 5 rings (SSSR count). The summed E-state index contributed by atoms with van der Waals surface area (Å²) in [6, 6.07) is 13.0. The molecule has 2 atom stereocenters. The topological polar surface area (TPSA) is 78.9 Å². The minimum Gasteiger partial charge on any atom is -0.484 e. The second-order valence-electron chi connectivity index (χ2n) is 9.37. The van der Waals surface area contributed by atoms with Gasteiger partial charge in [0.1, 0.15) is 10.8 Å². The largest absolute Gasteiger partial charge is 0.484 e. The molecule has 8 nitrogen and oxygen atoms in total. The number of pyridine rings is 1. The van der Waals surface area contributed by atoms with Gasteiger partial charge in [0.2, 0.25) is 5.91 Å². The van der Waals surface area contributed by atoms with E-state index in [0.717, 1.165) is 35.8 Å². The van der Waals surface area contributed by atoms with Crippen molar-refractivity contribution >= 4 is 23.2 Å². The number of benzene rings is 1. The smallest absolute Gasteiger partial charge is 0.261 e. The Kier molecular flexibility index (Phi) is 7.58. The molecule has 2 saturated heterocycles. The number of likely N-dealkylation sites (tertiary alicyclic amines) is 1. The Morgan fingerprint density at radius 1 is 1.03 bits per heavy atom. The van der Waals surface area contributed by atoms with Gasteiger partial charge < -0.3 is 19.4 Å². The number of ether oxygens (including phenoxy) is 1. The van der Waals surface area contributed by atoms with Crippen LogP contribution in [0.2, 0.25) is 0 Å². The molecule has 4 heterocycles. The molecular weight excluding hydrogens is 474 g/mol. The quantitative estimate of drug-likeness (QED) is 0.511. The van der Waals surface area contributed by atoms with Crippen LogP contribution in [-0.4, -0.2) is 82.9 Å². The van der Waals surface area contributed by atoms with E-state index in [1.807, 2.05) is 57.6 Å². The first kappa shape index (κ1) is 24.4. The number of para-hydroxylation sites is 1. The molecule has 2 fully saturated rings. The molecule has 36 heavy (non-hydrogen) atoms. The first-order valence-corrected chi connectivity index (χ1v) is 13.3. The van der Waals surface area contributed by atoms with Crippen molar-refractivity contribution in [3.63, 3.8) is 0 Å². The number of aromatic nitrogens is 2. The number of carbonyl (C=O) groups excluding carboxylic acids is 2. The maximum atomic E-state index is 13.4. The number of rotatable bonds is 6. The summed E-state index contributed by atoms with van der Waals surface area (Å²) >= 11 is 1.55. The second kappa shape index (κ2) is 11.2. The minimum absolute atomic E-state index is 0.0373. The maximum absolute atomic E-state index is 13.4. The van der Waals surface area contributed by atoms with E-state index >= 15 is 0 Å². The van der Waals surface area contributed by atoms with Gasteiger partial charge in [0.25, 0.3) is 5.91 Å². The predicted octanol–water partition coefficient (Wildman–Crippen LogP) is 3.34. The van der Waals surface area contributed by atoms with E-state index in [9.17, 15) is 9.59 Å². The molecule has 2 aliphatic heterocycles. The molecule has 1 aromatic carbocycles. The van der Waals surface area contributed by atoms with Gasteiger partial charge in [-0.25, -0.2) is 4.98 Å². The van der Waals surface area contributed by atoms with Crippen LogP contribution < -0.4 is 4.74 Å². The third kappa shape index (κ3) is 5.57. The molecule has 0 saturated carbocycles. The molecule has 0 radical (unpaired) electrons. The van der Waals surface area contributed by atoms with E-state index in [4.69, 9.17) is 9.72 Å². The maximum Gasteiger partial charge on any atom is 0.261 e. The third-order valence-electron chi connectivity index (χ3n) is 6.92. The molecule has 2 amide bonds. The summed E-state index contributed by atoms with van der Waals surface area (Å²) in [6.45, 7) is 3.29. The fourth-order valence-electron chi connectivity index (χ4n) is 4.94. The highest BCUT2D eigenvalue weighted by molar-refractivity contribution is 7.10. The average Bonchev–Trinajstić information content (AvgIpc) is 3.52. The molecule has 0 aliphatic carbocycles. The Labute approximate surface area is 215 Å². The molecular formula is C27H31N5O3S. The number of amides is 2. The molecule has 2 aliphatic rings. The summed E-state index contributed by atoms with van der Waals surface area (Å²) in [5, 5.41) is 2.90. The summed E-state index contributed by atoms with van der Waals surface area (Å²) < 4.78 is 5.79. The van der Waals surface area contributed by atoms with Gasteiger partial charge in [-0.15, -0.1) is 11.3 Å². The van der Waals surface area contributed by atoms with Crippen molar-refractivity contribution in [2.45, 2.75) is 18.9 Å². The van der Waals surface area contributed by atoms with E-state index in [0.29, 0.717) is 31.8 Å². The Balaban J connectivity index is 1.35. The van der Waals surface area contributed by atoms with E-state index < -0.39 is 0 Å². The van der Waals surface area contributed by atoms with Crippen LogP contribution >= 0.6 is 11.3 Å². The van der Waals surface area contributed by atoms with Crippen LogP contribution in [0.5, 0.6) is 5.75 Å². The normalized spacial score (nSPS) is 20.8. The van der Waals surface area contributed by atoms with Crippen molar-refractivity contribution in [3.05, 3.63) is 65.2 Å². The monoisotopic (exact) mass is 505 g/mol. The summed E-state index contributed by atoms with van der Waals surface area (Å²) in [6.07, 6.45) is 5.04. The van der Waals surface area contributed by atoms with Gasteiger partial charge in [0.15, 0.2) is 6.61 Å². The number of hydrogen-bond donors (Lipinski definition) is 0. The molecule has 2 unspecified atom stereocenters. The fraction of sp³-hybridized carbons (Fsp3) is 0.407. The van der Waals surface area contributed by atoms with Crippen molar-refractivity contribution in [2.24, 2.45) is 5.92 Å². The number of hydrogen-bond acceptors (Lipinski definition) is 7. The Morgan fingerprint density at radius 3 is 2.58 bits per heavy atom. The average molecular weight is 506 g/mol. The first-order valence-electron chi connectivity index (χ1n) is 12.4. The van der Waals surface area contributed by atoms with Crippen molar-refractivity contribution in [1.82, 2.24) is 24.7 Å². The lowest BCUT2D eigenvalue weighted by Crippen LogP contribution is -2.42. The standard InChI is InChI=1S/C27H31N5O3S/c1-30-13-9-21(17-30)27(34)31-14-10-24(26-29-23(19-36-26)20-7-11-28-12-8-20)32(16-15-31)25(33)18-35-22-5-3-2-4-6-22/h2-8,11-12,19,21,24H,9-10,13-18H2,1H3. The second-order valence-corrected chi connectivity index (χ2v) is 10.3. The van der Waals surface area contributed by atoms with E-state index in [1.54, 1.807) is 23.7 Å². The molecule has 9 heteroatoms.